The summed E-state index contributed by atoms with van der Waals surface area (Å²) in [6.45, 7) is 1.92. The summed E-state index contributed by atoms with van der Waals surface area (Å²) in [7, 11) is -2.00. The zero-order valence-electron chi connectivity index (χ0n) is 9.41. The topological polar surface area (TPSA) is 75.3 Å². The van der Waals surface area contributed by atoms with Crippen molar-refractivity contribution in [2.24, 2.45) is 0 Å². The monoisotopic (exact) mass is 340 g/mol. The lowest BCUT2D eigenvalue weighted by molar-refractivity contribution is -0.120. The molecule has 0 aliphatic carbocycles. The number of sulfonamides is 1. The van der Waals surface area contributed by atoms with E-state index in [1.165, 1.54) is 7.05 Å². The SMILES string of the molecule is CNC(=O)CCNS(=O)(=O)c1cc(C)c(Br)s1. The number of nitrogens with one attached hydrogen (secondary N) is 2. The number of hydrogen-bond acceptors (Lipinski definition) is 4. The van der Waals surface area contributed by atoms with Crippen LogP contribution in [0, 0.1) is 6.92 Å². The number of thiophene rings is 1. The van der Waals surface area contributed by atoms with Crippen LogP contribution in [-0.2, 0) is 14.8 Å². The molecule has 1 rings (SSSR count). The first kappa shape index (κ1) is 14.6. The van der Waals surface area contributed by atoms with Gasteiger partial charge in [-0.15, -0.1) is 11.3 Å². The van der Waals surface area contributed by atoms with Crippen LogP contribution in [-0.4, -0.2) is 27.9 Å². The van der Waals surface area contributed by atoms with Gasteiger partial charge in [-0.3, -0.25) is 4.79 Å². The maximum Gasteiger partial charge on any atom is 0.250 e. The van der Waals surface area contributed by atoms with Crippen LogP contribution >= 0.6 is 27.3 Å². The van der Waals surface area contributed by atoms with Crippen molar-refractivity contribution in [3.05, 3.63) is 15.4 Å². The molecule has 5 nitrogen and oxygen atoms in total. The highest BCUT2D eigenvalue weighted by Crippen LogP contribution is 2.30. The van der Waals surface area contributed by atoms with Crippen LogP contribution in [0.2, 0.25) is 0 Å². The molecule has 0 unspecified atom stereocenters. The van der Waals surface area contributed by atoms with Crippen molar-refractivity contribution in [2.45, 2.75) is 17.6 Å². The molecule has 1 heterocycles. The van der Waals surface area contributed by atoms with Crippen molar-refractivity contribution < 1.29 is 13.2 Å². The lowest BCUT2D eigenvalue weighted by atomic mass is 10.4. The van der Waals surface area contributed by atoms with E-state index in [1.807, 2.05) is 6.92 Å². The first-order chi connectivity index (χ1) is 7.86. The Kier molecular flexibility index (Phi) is 5.11. The van der Waals surface area contributed by atoms with Gasteiger partial charge in [0.2, 0.25) is 15.9 Å². The Bertz CT molecular complexity index is 491. The fourth-order valence-corrected chi connectivity index (χ4v) is 4.36. The van der Waals surface area contributed by atoms with E-state index in [1.54, 1.807) is 6.07 Å². The Balaban J connectivity index is 2.66. The molecular formula is C9H13BrN2O3S2. The zero-order valence-corrected chi connectivity index (χ0v) is 12.6. The Morgan fingerprint density at radius 1 is 1.53 bits per heavy atom. The van der Waals surface area contributed by atoms with Crippen LogP contribution in [0.25, 0.3) is 0 Å². The molecule has 0 saturated carbocycles. The standard InChI is InChI=1S/C9H13BrN2O3S2/c1-6-5-8(16-9(6)10)17(14,15)12-4-3-7(13)11-2/h5,12H,3-4H2,1-2H3,(H,11,13). The number of aryl methyl sites for hydroxylation is 1. The number of rotatable bonds is 5. The fraction of sp³-hybridized carbons (Fsp3) is 0.444. The van der Waals surface area contributed by atoms with E-state index < -0.39 is 10.0 Å². The number of halogens is 1. The van der Waals surface area contributed by atoms with Crippen LogP contribution in [0.3, 0.4) is 0 Å². The molecule has 0 saturated heterocycles. The summed E-state index contributed by atoms with van der Waals surface area (Å²) < 4.78 is 27.1. The molecule has 17 heavy (non-hydrogen) atoms. The average molecular weight is 341 g/mol. The molecule has 8 heteroatoms. The largest absolute Gasteiger partial charge is 0.359 e. The first-order valence-electron chi connectivity index (χ1n) is 4.83. The first-order valence-corrected chi connectivity index (χ1v) is 7.92. The van der Waals surface area contributed by atoms with Gasteiger partial charge in [-0.2, -0.15) is 0 Å². The molecule has 2 N–H and O–H groups in total. The maximum atomic E-state index is 11.8. The molecular weight excluding hydrogens is 328 g/mol. The molecule has 1 aromatic rings. The third kappa shape index (κ3) is 4.06. The second-order valence-corrected chi connectivity index (χ2v) is 7.71. The van der Waals surface area contributed by atoms with Gasteiger partial charge >= 0.3 is 0 Å². The second-order valence-electron chi connectivity index (χ2n) is 3.34. The summed E-state index contributed by atoms with van der Waals surface area (Å²) in [5.74, 6) is -0.198. The van der Waals surface area contributed by atoms with Crippen molar-refractivity contribution in [3.63, 3.8) is 0 Å². The van der Waals surface area contributed by atoms with Gasteiger partial charge in [0.05, 0.1) is 3.79 Å². The molecule has 0 radical (unpaired) electrons. The highest BCUT2D eigenvalue weighted by molar-refractivity contribution is 9.11. The predicted molar refractivity (Wildman–Crippen MR) is 70.6 cm³/mol. The molecule has 0 aliphatic rings. The molecule has 1 aromatic heterocycles. The maximum absolute atomic E-state index is 11.8. The van der Waals surface area contributed by atoms with Gasteiger partial charge in [0, 0.05) is 20.0 Å². The molecule has 0 bridgehead atoms. The Hall–Kier alpha value is -0.440. The quantitative estimate of drug-likeness (QED) is 0.846. The molecule has 0 aromatic carbocycles. The lowest BCUT2D eigenvalue weighted by Gasteiger charge is -2.03. The molecule has 0 spiro atoms. The number of amides is 1. The number of carbonyl (C=O) groups is 1. The van der Waals surface area contributed by atoms with Crippen molar-refractivity contribution >= 4 is 43.2 Å². The summed E-state index contributed by atoms with van der Waals surface area (Å²) in [4.78, 5) is 10.9. The van der Waals surface area contributed by atoms with Gasteiger partial charge in [-0.1, -0.05) is 0 Å². The lowest BCUT2D eigenvalue weighted by Crippen LogP contribution is -2.28. The third-order valence-corrected chi connectivity index (χ3v) is 6.09. The third-order valence-electron chi connectivity index (χ3n) is 2.02. The van der Waals surface area contributed by atoms with E-state index in [0.717, 1.165) is 20.7 Å². The van der Waals surface area contributed by atoms with Crippen molar-refractivity contribution in [3.8, 4) is 0 Å². The van der Waals surface area contributed by atoms with Gasteiger partial charge in [-0.05, 0) is 34.5 Å². The Morgan fingerprint density at radius 3 is 2.65 bits per heavy atom. The Labute approximate surface area is 113 Å². The minimum atomic E-state index is -3.51. The highest BCUT2D eigenvalue weighted by atomic mass is 79.9. The minimum Gasteiger partial charge on any atom is -0.359 e. The normalized spacial score (nSPS) is 11.5. The van der Waals surface area contributed by atoms with Crippen LogP contribution in [0.4, 0.5) is 0 Å². The Morgan fingerprint density at radius 2 is 2.18 bits per heavy atom. The van der Waals surface area contributed by atoms with E-state index >= 15 is 0 Å². The van der Waals surface area contributed by atoms with Gasteiger partial charge in [-0.25, -0.2) is 13.1 Å². The molecule has 0 aliphatic heterocycles. The molecule has 96 valence electrons. The summed E-state index contributed by atoms with van der Waals surface area (Å²) in [5, 5.41) is 2.43. The zero-order chi connectivity index (χ0) is 13.1. The summed E-state index contributed by atoms with van der Waals surface area (Å²) >= 11 is 4.42. The van der Waals surface area contributed by atoms with E-state index in [9.17, 15) is 13.2 Å². The van der Waals surface area contributed by atoms with Crippen molar-refractivity contribution in [1.29, 1.82) is 0 Å². The molecule has 1 amide bonds. The van der Waals surface area contributed by atoms with Crippen molar-refractivity contribution in [2.75, 3.05) is 13.6 Å². The van der Waals surface area contributed by atoms with Gasteiger partial charge in [0.25, 0.3) is 0 Å². The van der Waals surface area contributed by atoms with Gasteiger partial charge in [0.1, 0.15) is 4.21 Å². The molecule has 0 fully saturated rings. The van der Waals surface area contributed by atoms with Crippen LogP contribution in [0.1, 0.15) is 12.0 Å². The fourth-order valence-electron chi connectivity index (χ4n) is 1.06. The van der Waals surface area contributed by atoms with Crippen LogP contribution < -0.4 is 10.0 Å². The van der Waals surface area contributed by atoms with Gasteiger partial charge in [0.15, 0.2) is 0 Å². The molecule has 0 atom stereocenters. The predicted octanol–water partition coefficient (Wildman–Crippen LogP) is 1.23. The average Bonchev–Trinajstić information content (AvgIpc) is 2.59. The second kappa shape index (κ2) is 5.94. The number of hydrogen-bond donors (Lipinski definition) is 2. The summed E-state index contributed by atoms with van der Waals surface area (Å²) in [6, 6.07) is 1.59. The van der Waals surface area contributed by atoms with E-state index in [-0.39, 0.29) is 23.1 Å². The number of carbonyl (C=O) groups excluding carboxylic acids is 1. The van der Waals surface area contributed by atoms with Crippen LogP contribution in [0.5, 0.6) is 0 Å². The smallest absolute Gasteiger partial charge is 0.250 e. The van der Waals surface area contributed by atoms with E-state index in [2.05, 4.69) is 26.0 Å². The van der Waals surface area contributed by atoms with E-state index in [4.69, 9.17) is 0 Å². The summed E-state index contributed by atoms with van der Waals surface area (Å²) in [6.07, 6.45) is 0.126. The minimum absolute atomic E-state index is 0.0938. The van der Waals surface area contributed by atoms with Crippen molar-refractivity contribution in [1.82, 2.24) is 10.0 Å². The van der Waals surface area contributed by atoms with E-state index in [0.29, 0.717) is 0 Å². The van der Waals surface area contributed by atoms with Gasteiger partial charge < -0.3 is 5.32 Å². The summed E-state index contributed by atoms with van der Waals surface area (Å²) in [5.41, 5.74) is 0.877. The highest BCUT2D eigenvalue weighted by Gasteiger charge is 2.17. The van der Waals surface area contributed by atoms with Crippen LogP contribution in [0.15, 0.2) is 14.1 Å².